The van der Waals surface area contributed by atoms with E-state index in [1.54, 1.807) is 30.3 Å². The van der Waals surface area contributed by atoms with E-state index in [2.05, 4.69) is 10.9 Å². The monoisotopic (exact) mass is 372 g/mol. The van der Waals surface area contributed by atoms with Gasteiger partial charge >= 0.3 is 0 Å². The summed E-state index contributed by atoms with van der Waals surface area (Å²) < 4.78 is 5.24. The van der Waals surface area contributed by atoms with Crippen LogP contribution in [0.15, 0.2) is 42.5 Å². The van der Waals surface area contributed by atoms with E-state index in [0.717, 1.165) is 0 Å². The minimum absolute atomic E-state index is 0.204. The summed E-state index contributed by atoms with van der Waals surface area (Å²) in [4.78, 5) is 23.5. The summed E-state index contributed by atoms with van der Waals surface area (Å²) in [5, 5.41) is 1.08. The second kappa shape index (κ2) is 8.06. The standard InChI is InChI=1S/C15H11Cl3N2O3/c16-10-6-4-9(5-7-10)15(22)20-19-13(21)8-23-14-11(17)2-1-3-12(14)18/h1-7H,8H2,(H,19,21)(H,20,22). The van der Waals surface area contributed by atoms with E-state index < -0.39 is 11.8 Å². The molecule has 0 heterocycles. The topological polar surface area (TPSA) is 67.4 Å². The lowest BCUT2D eigenvalue weighted by Gasteiger charge is -2.10. The van der Waals surface area contributed by atoms with Gasteiger partial charge in [0.05, 0.1) is 10.0 Å². The molecule has 120 valence electrons. The minimum Gasteiger partial charge on any atom is -0.481 e. The molecule has 0 fully saturated rings. The molecule has 2 aromatic rings. The van der Waals surface area contributed by atoms with Crippen LogP contribution >= 0.6 is 34.8 Å². The molecule has 0 saturated carbocycles. The fourth-order valence-corrected chi connectivity index (χ4v) is 2.23. The highest BCUT2D eigenvalue weighted by molar-refractivity contribution is 6.37. The highest BCUT2D eigenvalue weighted by atomic mass is 35.5. The average molecular weight is 374 g/mol. The van der Waals surface area contributed by atoms with E-state index in [4.69, 9.17) is 39.5 Å². The molecule has 0 aliphatic heterocycles. The number of hydrazine groups is 1. The maximum absolute atomic E-state index is 11.8. The molecular weight excluding hydrogens is 363 g/mol. The van der Waals surface area contributed by atoms with Crippen molar-refractivity contribution in [2.75, 3.05) is 6.61 Å². The van der Waals surface area contributed by atoms with Crippen LogP contribution in [-0.2, 0) is 4.79 Å². The predicted octanol–water partition coefficient (Wildman–Crippen LogP) is 3.49. The molecule has 8 heteroatoms. The van der Waals surface area contributed by atoms with Crippen LogP contribution in [0.2, 0.25) is 15.1 Å². The molecular formula is C15H11Cl3N2O3. The lowest BCUT2D eigenvalue weighted by Crippen LogP contribution is -2.43. The van der Waals surface area contributed by atoms with Gasteiger partial charge in [-0.05, 0) is 36.4 Å². The SMILES string of the molecule is O=C(COc1c(Cl)cccc1Cl)NNC(=O)c1ccc(Cl)cc1. The second-order valence-electron chi connectivity index (χ2n) is 4.35. The van der Waals surface area contributed by atoms with Gasteiger partial charge in [-0.15, -0.1) is 0 Å². The second-order valence-corrected chi connectivity index (χ2v) is 5.60. The van der Waals surface area contributed by atoms with Crippen molar-refractivity contribution in [1.82, 2.24) is 10.9 Å². The van der Waals surface area contributed by atoms with Crippen LogP contribution in [0.4, 0.5) is 0 Å². The van der Waals surface area contributed by atoms with Gasteiger partial charge in [0.15, 0.2) is 12.4 Å². The largest absolute Gasteiger partial charge is 0.481 e. The zero-order chi connectivity index (χ0) is 16.8. The van der Waals surface area contributed by atoms with Gasteiger partial charge in [-0.2, -0.15) is 0 Å². The molecule has 0 saturated heterocycles. The highest BCUT2D eigenvalue weighted by Gasteiger charge is 2.11. The first-order chi connectivity index (χ1) is 11.0. The van der Waals surface area contributed by atoms with Crippen LogP contribution < -0.4 is 15.6 Å². The van der Waals surface area contributed by atoms with Gasteiger partial charge in [-0.3, -0.25) is 20.4 Å². The Bertz CT molecular complexity index is 700. The normalized spacial score (nSPS) is 10.0. The third-order valence-electron chi connectivity index (χ3n) is 2.69. The molecule has 2 N–H and O–H groups in total. The Labute approximate surface area is 147 Å². The van der Waals surface area contributed by atoms with Crippen LogP contribution in [0.25, 0.3) is 0 Å². The molecule has 2 amide bonds. The Morgan fingerprint density at radius 2 is 1.52 bits per heavy atom. The van der Waals surface area contributed by atoms with Crippen molar-refractivity contribution in [3.05, 3.63) is 63.1 Å². The van der Waals surface area contributed by atoms with Gasteiger partial charge in [0.1, 0.15) is 0 Å². The zero-order valence-corrected chi connectivity index (χ0v) is 13.9. The number of benzene rings is 2. The first kappa shape index (κ1) is 17.4. The summed E-state index contributed by atoms with van der Waals surface area (Å²) in [7, 11) is 0. The van der Waals surface area contributed by atoms with Gasteiger partial charge in [0.2, 0.25) is 0 Å². The Morgan fingerprint density at radius 3 is 2.13 bits per heavy atom. The number of amides is 2. The number of rotatable bonds is 4. The minimum atomic E-state index is -0.566. The molecule has 0 aliphatic carbocycles. The van der Waals surface area contributed by atoms with Crippen molar-refractivity contribution >= 4 is 46.6 Å². The van der Waals surface area contributed by atoms with E-state index in [-0.39, 0.29) is 22.4 Å². The van der Waals surface area contributed by atoms with Gasteiger partial charge in [0, 0.05) is 10.6 Å². The van der Waals surface area contributed by atoms with Crippen LogP contribution in [0.5, 0.6) is 5.75 Å². The van der Waals surface area contributed by atoms with Gasteiger partial charge in [0.25, 0.3) is 11.8 Å². The number of halogens is 3. The highest BCUT2D eigenvalue weighted by Crippen LogP contribution is 2.32. The molecule has 5 nitrogen and oxygen atoms in total. The van der Waals surface area contributed by atoms with Crippen LogP contribution in [0.1, 0.15) is 10.4 Å². The Hall–Kier alpha value is -1.95. The van der Waals surface area contributed by atoms with Crippen molar-refractivity contribution < 1.29 is 14.3 Å². The molecule has 0 unspecified atom stereocenters. The summed E-state index contributed by atoms with van der Waals surface area (Å²) >= 11 is 17.6. The summed E-state index contributed by atoms with van der Waals surface area (Å²) in [6, 6.07) is 11.0. The van der Waals surface area contributed by atoms with Gasteiger partial charge in [-0.1, -0.05) is 40.9 Å². The van der Waals surface area contributed by atoms with Crippen LogP contribution in [0.3, 0.4) is 0 Å². The molecule has 0 atom stereocenters. The molecule has 2 rings (SSSR count). The summed E-state index contributed by atoms with van der Waals surface area (Å²) in [6.45, 7) is -0.357. The third kappa shape index (κ3) is 5.03. The Morgan fingerprint density at radius 1 is 0.913 bits per heavy atom. The Balaban J connectivity index is 1.83. The quantitative estimate of drug-likeness (QED) is 0.806. The van der Waals surface area contributed by atoms with E-state index >= 15 is 0 Å². The number of ether oxygens (including phenoxy) is 1. The number of hydrogen-bond donors (Lipinski definition) is 2. The summed E-state index contributed by atoms with van der Waals surface area (Å²) in [5.74, 6) is -0.843. The van der Waals surface area contributed by atoms with Gasteiger partial charge in [-0.25, -0.2) is 0 Å². The summed E-state index contributed by atoms with van der Waals surface area (Å²) in [6.07, 6.45) is 0. The van der Waals surface area contributed by atoms with E-state index in [1.807, 2.05) is 0 Å². The molecule has 0 spiro atoms. The van der Waals surface area contributed by atoms with E-state index in [1.165, 1.54) is 12.1 Å². The molecule has 0 bridgehead atoms. The molecule has 0 radical (unpaired) electrons. The fourth-order valence-electron chi connectivity index (χ4n) is 1.59. The van der Waals surface area contributed by atoms with Crippen molar-refractivity contribution in [3.63, 3.8) is 0 Å². The van der Waals surface area contributed by atoms with E-state index in [0.29, 0.717) is 10.6 Å². The molecule has 23 heavy (non-hydrogen) atoms. The molecule has 2 aromatic carbocycles. The lowest BCUT2D eigenvalue weighted by molar-refractivity contribution is -0.123. The number of para-hydroxylation sites is 1. The van der Waals surface area contributed by atoms with Crippen molar-refractivity contribution in [2.45, 2.75) is 0 Å². The zero-order valence-electron chi connectivity index (χ0n) is 11.6. The maximum Gasteiger partial charge on any atom is 0.276 e. The third-order valence-corrected chi connectivity index (χ3v) is 3.54. The first-order valence-corrected chi connectivity index (χ1v) is 7.52. The smallest absolute Gasteiger partial charge is 0.276 e. The predicted molar refractivity (Wildman–Crippen MR) is 89.0 cm³/mol. The fraction of sp³-hybridized carbons (Fsp3) is 0.0667. The number of carbonyl (C=O) groups is 2. The van der Waals surface area contributed by atoms with Gasteiger partial charge < -0.3 is 4.74 Å². The van der Waals surface area contributed by atoms with Crippen molar-refractivity contribution in [1.29, 1.82) is 0 Å². The van der Waals surface area contributed by atoms with E-state index in [9.17, 15) is 9.59 Å². The lowest BCUT2D eigenvalue weighted by atomic mass is 10.2. The Kier molecular flexibility index (Phi) is 6.10. The number of nitrogens with one attached hydrogen (secondary N) is 2. The molecule has 0 aliphatic rings. The number of hydrogen-bond acceptors (Lipinski definition) is 3. The maximum atomic E-state index is 11.8. The first-order valence-electron chi connectivity index (χ1n) is 6.39. The summed E-state index contributed by atoms with van der Waals surface area (Å²) in [5.41, 5.74) is 4.83. The molecule has 0 aromatic heterocycles. The van der Waals surface area contributed by atoms with Crippen molar-refractivity contribution in [2.24, 2.45) is 0 Å². The number of carbonyl (C=O) groups excluding carboxylic acids is 2. The average Bonchev–Trinajstić information content (AvgIpc) is 2.53. The van der Waals surface area contributed by atoms with Crippen LogP contribution in [-0.4, -0.2) is 18.4 Å². The van der Waals surface area contributed by atoms with Crippen molar-refractivity contribution in [3.8, 4) is 5.75 Å². The van der Waals surface area contributed by atoms with Crippen LogP contribution in [0, 0.1) is 0 Å².